The minimum absolute atomic E-state index is 0.223. The number of carbonyl (C=O) groups excluding carboxylic acids is 2. The van der Waals surface area contributed by atoms with Crippen LogP contribution in [0, 0.1) is 17.2 Å². The Balaban J connectivity index is 1.81. The fourth-order valence-corrected chi connectivity index (χ4v) is 2.25. The lowest BCUT2D eigenvalue weighted by Gasteiger charge is -2.14. The fraction of sp³-hybridized carbons (Fsp3) is 0.353. The van der Waals surface area contributed by atoms with Gasteiger partial charge in [0.15, 0.2) is 6.10 Å². The number of hydrogen-bond acceptors (Lipinski definition) is 4. The normalized spacial score (nSPS) is 17.5. The van der Waals surface area contributed by atoms with Crippen LogP contribution in [0.25, 0.3) is 0 Å². The van der Waals surface area contributed by atoms with Crippen LogP contribution in [0.15, 0.2) is 36.4 Å². The molecule has 22 heavy (non-hydrogen) atoms. The minimum Gasteiger partial charge on any atom is -0.453 e. The van der Waals surface area contributed by atoms with Gasteiger partial charge in [-0.3, -0.25) is 9.59 Å². The summed E-state index contributed by atoms with van der Waals surface area (Å²) in [6.45, 7) is 1.54. The SMILES string of the molecule is CC(OC(=O)CC1C=CCC1)C(=O)Nc1ccc(C#N)cc1. The monoisotopic (exact) mass is 298 g/mol. The molecule has 0 radical (unpaired) electrons. The molecule has 5 heteroatoms. The molecule has 0 aliphatic heterocycles. The standard InChI is InChI=1S/C17H18N2O3/c1-12(22-16(20)10-13-4-2-3-5-13)17(21)19-15-8-6-14(11-18)7-9-15/h2,4,6-9,12-13H,3,5,10H2,1H3,(H,19,21). The smallest absolute Gasteiger partial charge is 0.307 e. The first kappa shape index (κ1) is 15.8. The first-order valence-electron chi connectivity index (χ1n) is 7.25. The Morgan fingerprint density at radius 3 is 2.73 bits per heavy atom. The molecule has 114 valence electrons. The van der Waals surface area contributed by atoms with Gasteiger partial charge in [-0.05, 0) is 49.9 Å². The third-order valence-corrected chi connectivity index (χ3v) is 3.50. The number of nitrogens with one attached hydrogen (secondary N) is 1. The average molecular weight is 298 g/mol. The molecule has 0 heterocycles. The van der Waals surface area contributed by atoms with Crippen molar-refractivity contribution in [3.8, 4) is 6.07 Å². The molecule has 0 aromatic heterocycles. The van der Waals surface area contributed by atoms with Gasteiger partial charge in [-0.2, -0.15) is 5.26 Å². The van der Waals surface area contributed by atoms with Crippen molar-refractivity contribution < 1.29 is 14.3 Å². The number of hydrogen-bond donors (Lipinski definition) is 1. The van der Waals surface area contributed by atoms with Gasteiger partial charge in [0.05, 0.1) is 18.1 Å². The molecule has 5 nitrogen and oxygen atoms in total. The van der Waals surface area contributed by atoms with Gasteiger partial charge in [0.25, 0.3) is 5.91 Å². The highest BCUT2D eigenvalue weighted by Gasteiger charge is 2.21. The van der Waals surface area contributed by atoms with Crippen molar-refractivity contribution in [2.24, 2.45) is 5.92 Å². The number of anilines is 1. The number of allylic oxidation sites excluding steroid dienone is 2. The number of rotatable bonds is 5. The molecule has 1 aromatic rings. The van der Waals surface area contributed by atoms with Crippen LogP contribution in [0.3, 0.4) is 0 Å². The van der Waals surface area contributed by atoms with E-state index in [2.05, 4.69) is 11.4 Å². The Bertz CT molecular complexity index is 614. The van der Waals surface area contributed by atoms with Gasteiger partial charge in [-0.1, -0.05) is 12.2 Å². The Kier molecular flexibility index (Phi) is 5.31. The maximum atomic E-state index is 12.0. The number of esters is 1. The van der Waals surface area contributed by atoms with Gasteiger partial charge in [-0.25, -0.2) is 0 Å². The number of nitrogens with zero attached hydrogens (tertiary/aromatic N) is 1. The molecule has 2 unspecified atom stereocenters. The van der Waals surface area contributed by atoms with Crippen molar-refractivity contribution in [1.29, 1.82) is 5.26 Å². The third kappa shape index (κ3) is 4.45. The lowest BCUT2D eigenvalue weighted by atomic mass is 10.1. The molecule has 0 bridgehead atoms. The van der Waals surface area contributed by atoms with E-state index >= 15 is 0 Å². The van der Waals surface area contributed by atoms with E-state index in [0.717, 1.165) is 12.8 Å². The maximum Gasteiger partial charge on any atom is 0.307 e. The van der Waals surface area contributed by atoms with Crippen LogP contribution in [0.4, 0.5) is 5.69 Å². The molecule has 0 spiro atoms. The van der Waals surface area contributed by atoms with Crippen LogP contribution in [-0.4, -0.2) is 18.0 Å². The second kappa shape index (κ2) is 7.41. The molecule has 1 aliphatic carbocycles. The number of carbonyl (C=O) groups is 2. The summed E-state index contributed by atoms with van der Waals surface area (Å²) in [5, 5.41) is 11.4. The quantitative estimate of drug-likeness (QED) is 0.669. The first-order chi connectivity index (χ1) is 10.6. The lowest BCUT2D eigenvalue weighted by Crippen LogP contribution is -2.30. The molecule has 2 atom stereocenters. The molecule has 1 aromatic carbocycles. The molecule has 1 amide bonds. The van der Waals surface area contributed by atoms with Crippen LogP contribution in [0.5, 0.6) is 0 Å². The lowest BCUT2D eigenvalue weighted by molar-refractivity contribution is -0.153. The summed E-state index contributed by atoms with van der Waals surface area (Å²) < 4.78 is 5.15. The third-order valence-electron chi connectivity index (χ3n) is 3.50. The second-order valence-corrected chi connectivity index (χ2v) is 5.28. The fourth-order valence-electron chi connectivity index (χ4n) is 2.25. The van der Waals surface area contributed by atoms with E-state index < -0.39 is 6.10 Å². The number of ether oxygens (including phenoxy) is 1. The molecular weight excluding hydrogens is 280 g/mol. The van der Waals surface area contributed by atoms with Gasteiger partial charge >= 0.3 is 5.97 Å². The van der Waals surface area contributed by atoms with E-state index in [9.17, 15) is 9.59 Å². The molecule has 0 saturated carbocycles. The van der Waals surface area contributed by atoms with Crippen LogP contribution in [-0.2, 0) is 14.3 Å². The molecule has 1 aliphatic rings. The van der Waals surface area contributed by atoms with Crippen molar-refractivity contribution >= 4 is 17.6 Å². The molecule has 1 N–H and O–H groups in total. The Hall–Kier alpha value is -2.61. The van der Waals surface area contributed by atoms with Crippen molar-refractivity contribution in [3.63, 3.8) is 0 Å². The summed E-state index contributed by atoms with van der Waals surface area (Å²) in [5.74, 6) is -0.527. The van der Waals surface area contributed by atoms with E-state index in [0.29, 0.717) is 17.7 Å². The minimum atomic E-state index is -0.853. The highest BCUT2D eigenvalue weighted by molar-refractivity contribution is 5.95. The summed E-state index contributed by atoms with van der Waals surface area (Å²) in [7, 11) is 0. The predicted octanol–water partition coefficient (Wildman–Crippen LogP) is 2.78. The summed E-state index contributed by atoms with van der Waals surface area (Å²) in [6, 6.07) is 8.49. The maximum absolute atomic E-state index is 12.0. The second-order valence-electron chi connectivity index (χ2n) is 5.28. The Labute approximate surface area is 129 Å². The highest BCUT2D eigenvalue weighted by atomic mass is 16.5. The van der Waals surface area contributed by atoms with E-state index in [4.69, 9.17) is 10.00 Å². The summed E-state index contributed by atoms with van der Waals surface area (Å²) in [4.78, 5) is 23.7. The molecular formula is C17H18N2O3. The topological polar surface area (TPSA) is 79.2 Å². The average Bonchev–Trinajstić information content (AvgIpc) is 3.00. The predicted molar refractivity (Wildman–Crippen MR) is 81.8 cm³/mol. The van der Waals surface area contributed by atoms with Crippen LogP contribution < -0.4 is 5.32 Å². The largest absolute Gasteiger partial charge is 0.453 e. The first-order valence-corrected chi connectivity index (χ1v) is 7.25. The van der Waals surface area contributed by atoms with Crippen LogP contribution in [0.1, 0.15) is 31.7 Å². The van der Waals surface area contributed by atoms with Crippen molar-refractivity contribution in [1.82, 2.24) is 0 Å². The van der Waals surface area contributed by atoms with Crippen LogP contribution >= 0.6 is 0 Å². The summed E-state index contributed by atoms with van der Waals surface area (Å²) in [6.07, 6.45) is 5.48. The number of nitriles is 1. The van der Waals surface area contributed by atoms with E-state index in [1.807, 2.05) is 12.1 Å². The molecule has 2 rings (SSSR count). The van der Waals surface area contributed by atoms with Gasteiger partial charge in [0.1, 0.15) is 0 Å². The van der Waals surface area contributed by atoms with Crippen molar-refractivity contribution in [2.45, 2.75) is 32.3 Å². The zero-order chi connectivity index (χ0) is 15.9. The Morgan fingerprint density at radius 2 is 2.14 bits per heavy atom. The molecule has 0 saturated heterocycles. The summed E-state index contributed by atoms with van der Waals surface area (Å²) >= 11 is 0. The number of amides is 1. The van der Waals surface area contributed by atoms with E-state index in [1.54, 1.807) is 31.2 Å². The summed E-state index contributed by atoms with van der Waals surface area (Å²) in [5.41, 5.74) is 1.08. The Morgan fingerprint density at radius 1 is 1.41 bits per heavy atom. The van der Waals surface area contributed by atoms with Crippen molar-refractivity contribution in [3.05, 3.63) is 42.0 Å². The highest BCUT2D eigenvalue weighted by Crippen LogP contribution is 2.21. The molecule has 0 fully saturated rings. The van der Waals surface area contributed by atoms with E-state index in [1.165, 1.54) is 0 Å². The number of benzene rings is 1. The zero-order valence-corrected chi connectivity index (χ0v) is 12.4. The van der Waals surface area contributed by atoms with Gasteiger partial charge in [-0.15, -0.1) is 0 Å². The zero-order valence-electron chi connectivity index (χ0n) is 12.4. The van der Waals surface area contributed by atoms with E-state index in [-0.39, 0.29) is 17.8 Å². The van der Waals surface area contributed by atoms with Crippen molar-refractivity contribution in [2.75, 3.05) is 5.32 Å². The van der Waals surface area contributed by atoms with Gasteiger partial charge in [0.2, 0.25) is 0 Å². The van der Waals surface area contributed by atoms with Gasteiger partial charge in [0, 0.05) is 5.69 Å². The van der Waals surface area contributed by atoms with Crippen LogP contribution in [0.2, 0.25) is 0 Å². The van der Waals surface area contributed by atoms with Gasteiger partial charge < -0.3 is 10.1 Å².